The minimum Gasteiger partial charge on any atom is -0.399 e. The molecule has 2 N–H and O–H groups in total. The van der Waals surface area contributed by atoms with Crippen LogP contribution < -0.4 is 5.73 Å². The smallest absolute Gasteiger partial charge is 0.0325 e. The van der Waals surface area contributed by atoms with Gasteiger partial charge in [-0.1, -0.05) is 19.9 Å². The van der Waals surface area contributed by atoms with Gasteiger partial charge < -0.3 is 5.73 Å². The zero-order valence-electron chi connectivity index (χ0n) is 10.1. The summed E-state index contributed by atoms with van der Waals surface area (Å²) >= 11 is 2.00. The summed E-state index contributed by atoms with van der Waals surface area (Å²) in [5.74, 6) is 1.77. The molecule has 1 aliphatic rings. The van der Waals surface area contributed by atoms with Gasteiger partial charge >= 0.3 is 0 Å². The lowest BCUT2D eigenvalue weighted by molar-refractivity contribution is 0.283. The quantitative estimate of drug-likeness (QED) is 0.778. The minimum atomic E-state index is 0.785. The predicted molar refractivity (Wildman–Crippen MR) is 72.7 cm³/mol. The zero-order chi connectivity index (χ0) is 11.5. The van der Waals surface area contributed by atoms with E-state index in [2.05, 4.69) is 26.0 Å². The van der Waals surface area contributed by atoms with Gasteiger partial charge in [0.05, 0.1) is 0 Å². The van der Waals surface area contributed by atoms with Crippen molar-refractivity contribution in [3.8, 4) is 0 Å². The number of hydrogen-bond donors (Lipinski definition) is 1. The van der Waals surface area contributed by atoms with Crippen molar-refractivity contribution in [2.75, 3.05) is 5.73 Å². The average Bonchev–Trinajstić information content (AvgIpc) is 2.24. The van der Waals surface area contributed by atoms with Crippen molar-refractivity contribution in [2.24, 2.45) is 11.8 Å². The van der Waals surface area contributed by atoms with Gasteiger partial charge in [0.15, 0.2) is 0 Å². The highest BCUT2D eigenvalue weighted by Gasteiger charge is 2.24. The van der Waals surface area contributed by atoms with Crippen molar-refractivity contribution in [3.05, 3.63) is 24.3 Å². The molecule has 3 unspecified atom stereocenters. The van der Waals surface area contributed by atoms with Gasteiger partial charge in [-0.05, 0) is 49.3 Å². The number of nitrogen functional groups attached to an aromatic ring is 1. The van der Waals surface area contributed by atoms with Gasteiger partial charge in [0.1, 0.15) is 0 Å². The molecular weight excluding hydrogens is 214 g/mol. The molecule has 0 spiro atoms. The van der Waals surface area contributed by atoms with E-state index in [0.717, 1.165) is 22.8 Å². The van der Waals surface area contributed by atoms with Gasteiger partial charge in [-0.2, -0.15) is 0 Å². The highest BCUT2D eigenvalue weighted by Crippen LogP contribution is 2.38. The largest absolute Gasteiger partial charge is 0.399 e. The van der Waals surface area contributed by atoms with Crippen molar-refractivity contribution in [1.29, 1.82) is 0 Å². The van der Waals surface area contributed by atoms with E-state index < -0.39 is 0 Å². The maximum atomic E-state index is 5.80. The second-order valence-electron chi connectivity index (χ2n) is 5.08. The van der Waals surface area contributed by atoms with Crippen LogP contribution in [0.2, 0.25) is 0 Å². The highest BCUT2D eigenvalue weighted by molar-refractivity contribution is 8.00. The van der Waals surface area contributed by atoms with E-state index in [-0.39, 0.29) is 0 Å². The van der Waals surface area contributed by atoms with Gasteiger partial charge in [-0.25, -0.2) is 0 Å². The molecule has 0 bridgehead atoms. The molecule has 0 heterocycles. The molecule has 2 heteroatoms. The lowest BCUT2D eigenvalue weighted by Gasteiger charge is -2.31. The molecule has 1 aliphatic carbocycles. The topological polar surface area (TPSA) is 26.0 Å². The number of thioether (sulfide) groups is 1. The first-order valence-corrected chi connectivity index (χ1v) is 7.05. The first-order chi connectivity index (χ1) is 7.65. The van der Waals surface area contributed by atoms with Gasteiger partial charge in [0, 0.05) is 15.8 Å². The third kappa shape index (κ3) is 2.94. The normalized spacial score (nSPS) is 30.2. The second-order valence-corrected chi connectivity index (χ2v) is 6.45. The van der Waals surface area contributed by atoms with Crippen LogP contribution in [0.5, 0.6) is 0 Å². The molecular formula is C14H21NS. The SMILES string of the molecule is CC1CCC(Sc2cccc(N)c2)CC1C. The Labute approximate surface area is 103 Å². The maximum Gasteiger partial charge on any atom is 0.0325 e. The number of rotatable bonds is 2. The van der Waals surface area contributed by atoms with Crippen LogP contribution >= 0.6 is 11.8 Å². The molecule has 0 saturated heterocycles. The Balaban J connectivity index is 1.95. The molecule has 1 saturated carbocycles. The fraction of sp³-hybridized carbons (Fsp3) is 0.571. The molecule has 1 fully saturated rings. The van der Waals surface area contributed by atoms with E-state index in [0.29, 0.717) is 0 Å². The lowest BCUT2D eigenvalue weighted by atomic mass is 9.81. The Bertz CT molecular complexity index is 350. The van der Waals surface area contributed by atoms with Crippen LogP contribution in [0.1, 0.15) is 33.1 Å². The fourth-order valence-electron chi connectivity index (χ4n) is 2.39. The third-order valence-electron chi connectivity index (χ3n) is 3.71. The summed E-state index contributed by atoms with van der Waals surface area (Å²) < 4.78 is 0. The summed E-state index contributed by atoms with van der Waals surface area (Å²) in [7, 11) is 0. The van der Waals surface area contributed by atoms with E-state index in [1.54, 1.807) is 0 Å². The fourth-order valence-corrected chi connectivity index (χ4v) is 3.79. The van der Waals surface area contributed by atoms with Crippen LogP contribution in [0.4, 0.5) is 5.69 Å². The Morgan fingerprint density at radius 2 is 2.00 bits per heavy atom. The van der Waals surface area contributed by atoms with Crippen molar-refractivity contribution >= 4 is 17.4 Å². The van der Waals surface area contributed by atoms with Crippen molar-refractivity contribution < 1.29 is 0 Å². The lowest BCUT2D eigenvalue weighted by Crippen LogP contribution is -2.22. The second kappa shape index (κ2) is 5.13. The van der Waals surface area contributed by atoms with Crippen molar-refractivity contribution in [2.45, 2.75) is 43.3 Å². The minimum absolute atomic E-state index is 0.785. The Morgan fingerprint density at radius 3 is 2.69 bits per heavy atom. The number of anilines is 1. The molecule has 1 nitrogen and oxygen atoms in total. The Morgan fingerprint density at radius 1 is 1.19 bits per heavy atom. The monoisotopic (exact) mass is 235 g/mol. The van der Waals surface area contributed by atoms with Crippen molar-refractivity contribution in [3.63, 3.8) is 0 Å². The van der Waals surface area contributed by atoms with Crippen molar-refractivity contribution in [1.82, 2.24) is 0 Å². The van der Waals surface area contributed by atoms with Gasteiger partial charge in [-0.15, -0.1) is 11.8 Å². The number of nitrogens with two attached hydrogens (primary N) is 1. The average molecular weight is 235 g/mol. The molecule has 88 valence electrons. The van der Waals surface area contributed by atoms with Crippen LogP contribution in [0.15, 0.2) is 29.2 Å². The molecule has 1 aromatic carbocycles. The summed E-state index contributed by atoms with van der Waals surface area (Å²) in [5.41, 5.74) is 6.68. The number of hydrogen-bond acceptors (Lipinski definition) is 2. The summed E-state index contributed by atoms with van der Waals surface area (Å²) in [5, 5.41) is 0.785. The van der Waals surface area contributed by atoms with Crippen LogP contribution in [-0.4, -0.2) is 5.25 Å². The first-order valence-electron chi connectivity index (χ1n) is 6.17. The van der Waals surface area contributed by atoms with Gasteiger partial charge in [0.2, 0.25) is 0 Å². The summed E-state index contributed by atoms with van der Waals surface area (Å²) in [6, 6.07) is 8.26. The predicted octanol–water partition coefficient (Wildman–Crippen LogP) is 4.19. The van der Waals surface area contributed by atoms with E-state index in [1.165, 1.54) is 24.2 Å². The van der Waals surface area contributed by atoms with Gasteiger partial charge in [-0.3, -0.25) is 0 Å². The van der Waals surface area contributed by atoms with Crippen LogP contribution in [-0.2, 0) is 0 Å². The Hall–Kier alpha value is -0.630. The number of benzene rings is 1. The van der Waals surface area contributed by atoms with Gasteiger partial charge in [0.25, 0.3) is 0 Å². The molecule has 0 aliphatic heterocycles. The first kappa shape index (κ1) is 11.8. The molecule has 3 atom stereocenters. The summed E-state index contributed by atoms with van der Waals surface area (Å²) in [6.45, 7) is 4.77. The van der Waals surface area contributed by atoms with Crippen LogP contribution in [0, 0.1) is 11.8 Å². The standard InChI is InChI=1S/C14H21NS/c1-10-6-7-14(8-11(10)2)16-13-5-3-4-12(15)9-13/h3-5,9-11,14H,6-8,15H2,1-2H3. The van der Waals surface area contributed by atoms with Crippen LogP contribution in [0.25, 0.3) is 0 Å². The zero-order valence-corrected chi connectivity index (χ0v) is 11.0. The molecule has 0 aromatic heterocycles. The molecule has 2 rings (SSSR count). The van der Waals surface area contributed by atoms with E-state index in [4.69, 9.17) is 5.73 Å². The molecule has 0 radical (unpaired) electrons. The highest BCUT2D eigenvalue weighted by atomic mass is 32.2. The maximum absolute atomic E-state index is 5.80. The third-order valence-corrected chi connectivity index (χ3v) is 5.00. The van der Waals surface area contributed by atoms with E-state index in [1.807, 2.05) is 23.9 Å². The summed E-state index contributed by atoms with van der Waals surface area (Å²) in [4.78, 5) is 1.33. The van der Waals surface area contributed by atoms with Crippen LogP contribution in [0.3, 0.4) is 0 Å². The summed E-state index contributed by atoms with van der Waals surface area (Å²) in [6.07, 6.45) is 4.08. The van der Waals surface area contributed by atoms with E-state index >= 15 is 0 Å². The molecule has 16 heavy (non-hydrogen) atoms. The Kier molecular flexibility index (Phi) is 3.80. The molecule has 1 aromatic rings. The van der Waals surface area contributed by atoms with E-state index in [9.17, 15) is 0 Å². The molecule has 0 amide bonds.